The van der Waals surface area contributed by atoms with Crippen molar-refractivity contribution in [3.05, 3.63) is 42.0 Å². The van der Waals surface area contributed by atoms with Crippen LogP contribution in [0.1, 0.15) is 57.4 Å². The minimum Gasteiger partial charge on any atom is -0.461 e. The summed E-state index contributed by atoms with van der Waals surface area (Å²) in [6.07, 6.45) is 10.1. The molecule has 2 aliphatic heterocycles. The maximum atomic E-state index is 13.0. The van der Waals surface area contributed by atoms with Crippen molar-refractivity contribution in [1.82, 2.24) is 0 Å². The van der Waals surface area contributed by atoms with E-state index >= 15 is 0 Å². The quantitative estimate of drug-likeness (QED) is 0.585. The van der Waals surface area contributed by atoms with E-state index in [4.69, 9.17) is 4.74 Å². The number of rotatable bonds is 4. The van der Waals surface area contributed by atoms with Gasteiger partial charge in [-0.2, -0.15) is 0 Å². The summed E-state index contributed by atoms with van der Waals surface area (Å²) in [5.41, 5.74) is 2.35. The molecule has 3 unspecified atom stereocenters. The van der Waals surface area contributed by atoms with Crippen LogP contribution in [0.25, 0.3) is 5.57 Å². The summed E-state index contributed by atoms with van der Waals surface area (Å²) >= 11 is 0. The van der Waals surface area contributed by atoms with Gasteiger partial charge in [-0.25, -0.2) is 0 Å². The van der Waals surface area contributed by atoms with E-state index < -0.39 is 0 Å². The minimum absolute atomic E-state index is 0.0109. The molecule has 1 aromatic carbocycles. The first-order valence-electron chi connectivity index (χ1n) is 10.4. The van der Waals surface area contributed by atoms with Crippen LogP contribution in [-0.4, -0.2) is 42.2 Å². The second kappa shape index (κ2) is 7.19. The second-order valence-corrected chi connectivity index (χ2v) is 8.59. The van der Waals surface area contributed by atoms with Crippen molar-refractivity contribution in [2.45, 2.75) is 70.1 Å². The Morgan fingerprint density at radius 1 is 1.12 bits per heavy atom. The fraction of sp³-hybridized carbons (Fsp3) is 0.609. The molecule has 0 saturated carbocycles. The van der Waals surface area contributed by atoms with Crippen molar-refractivity contribution in [2.24, 2.45) is 5.92 Å². The Bertz CT molecular complexity index is 667. The van der Waals surface area contributed by atoms with Crippen LogP contribution in [-0.2, 0) is 9.53 Å². The third kappa shape index (κ3) is 3.11. The highest BCUT2D eigenvalue weighted by molar-refractivity contribution is 5.89. The van der Waals surface area contributed by atoms with E-state index in [0.717, 1.165) is 32.1 Å². The number of esters is 1. The van der Waals surface area contributed by atoms with Crippen molar-refractivity contribution < 1.29 is 14.0 Å². The molecule has 0 N–H and O–H groups in total. The first-order chi connectivity index (χ1) is 12.6. The molecule has 3 atom stereocenters. The molecule has 0 spiro atoms. The first kappa shape index (κ1) is 17.8. The molecule has 26 heavy (non-hydrogen) atoms. The number of nitrogens with zero attached hydrogens (tertiary/aromatic N) is 1. The minimum atomic E-state index is -0.0854. The molecule has 2 heterocycles. The molecule has 2 fully saturated rings. The number of hydrogen-bond acceptors (Lipinski definition) is 2. The fourth-order valence-electron chi connectivity index (χ4n) is 5.62. The lowest BCUT2D eigenvalue weighted by Gasteiger charge is -2.46. The van der Waals surface area contributed by atoms with Gasteiger partial charge in [0, 0.05) is 25.7 Å². The molecular formula is C23H32NO2+. The summed E-state index contributed by atoms with van der Waals surface area (Å²) in [5, 5.41) is 0. The zero-order chi connectivity index (χ0) is 18.1. The van der Waals surface area contributed by atoms with Gasteiger partial charge in [-0.15, -0.1) is 0 Å². The summed E-state index contributed by atoms with van der Waals surface area (Å²) in [6.45, 7) is 3.50. The summed E-state index contributed by atoms with van der Waals surface area (Å²) in [7, 11) is 2.40. The molecule has 3 aliphatic rings. The van der Waals surface area contributed by atoms with Crippen molar-refractivity contribution in [2.75, 3.05) is 13.6 Å². The second-order valence-electron chi connectivity index (χ2n) is 8.59. The number of fused-ring (bicyclic) bond motifs is 2. The molecule has 0 amide bonds. The molecule has 2 bridgehead atoms. The Hall–Kier alpha value is -1.61. The smallest absolute Gasteiger partial charge is 0.313 e. The molecule has 1 aromatic rings. The lowest BCUT2D eigenvalue weighted by atomic mass is 9.83. The highest BCUT2D eigenvalue weighted by Gasteiger charge is 2.51. The van der Waals surface area contributed by atoms with Gasteiger partial charge >= 0.3 is 5.97 Å². The zero-order valence-corrected chi connectivity index (χ0v) is 16.2. The number of hydrogen-bond donors (Lipinski definition) is 0. The van der Waals surface area contributed by atoms with Crippen LogP contribution in [0.5, 0.6) is 0 Å². The third-order valence-corrected chi connectivity index (χ3v) is 7.36. The molecule has 0 aromatic heterocycles. The Labute approximate surface area is 157 Å². The van der Waals surface area contributed by atoms with Gasteiger partial charge in [-0.1, -0.05) is 36.4 Å². The van der Waals surface area contributed by atoms with Crippen LogP contribution in [0, 0.1) is 5.92 Å². The fourth-order valence-corrected chi connectivity index (χ4v) is 5.62. The third-order valence-electron chi connectivity index (χ3n) is 7.36. The van der Waals surface area contributed by atoms with E-state index in [1.165, 1.54) is 35.0 Å². The number of carbonyl (C=O) groups excluding carboxylic acids is 1. The Morgan fingerprint density at radius 2 is 1.81 bits per heavy atom. The standard InChI is InChI=1S/C23H32NO2/c1-3-24(2)18-13-14-19(24)16-20(15-18)26-23(25)22-12-8-7-11-21(22)17-9-5-4-6-10-17/h4-6,9-11,18-20,22H,3,7-8,12-16H2,1-2H3/q+1. The zero-order valence-electron chi connectivity index (χ0n) is 16.2. The number of allylic oxidation sites excluding steroid dienone is 1. The predicted molar refractivity (Wildman–Crippen MR) is 104 cm³/mol. The van der Waals surface area contributed by atoms with Gasteiger partial charge < -0.3 is 9.22 Å². The van der Waals surface area contributed by atoms with Gasteiger partial charge in [-0.05, 0) is 37.3 Å². The highest BCUT2D eigenvalue weighted by Crippen LogP contribution is 2.42. The predicted octanol–water partition coefficient (Wildman–Crippen LogP) is 4.57. The molecule has 3 nitrogen and oxygen atoms in total. The molecular weight excluding hydrogens is 322 g/mol. The number of benzene rings is 1. The van der Waals surface area contributed by atoms with E-state index in [2.05, 4.69) is 44.3 Å². The molecule has 0 radical (unpaired) electrons. The van der Waals surface area contributed by atoms with Gasteiger partial charge in [-0.3, -0.25) is 4.79 Å². The van der Waals surface area contributed by atoms with E-state index in [9.17, 15) is 4.79 Å². The maximum Gasteiger partial charge on any atom is 0.313 e. The SMILES string of the molecule is CC[N+]1(C)C2CCC1CC(OC(=O)C1CCCC=C1c1ccccc1)C2. The lowest BCUT2D eigenvalue weighted by molar-refractivity contribution is -0.947. The van der Waals surface area contributed by atoms with Gasteiger partial charge in [0.25, 0.3) is 0 Å². The van der Waals surface area contributed by atoms with Crippen LogP contribution >= 0.6 is 0 Å². The van der Waals surface area contributed by atoms with Crippen LogP contribution in [0.15, 0.2) is 36.4 Å². The topological polar surface area (TPSA) is 26.3 Å². The number of carbonyl (C=O) groups is 1. The van der Waals surface area contributed by atoms with E-state index in [1.807, 2.05) is 6.07 Å². The van der Waals surface area contributed by atoms with Gasteiger partial charge in [0.1, 0.15) is 6.10 Å². The molecule has 2 saturated heterocycles. The Morgan fingerprint density at radius 3 is 2.46 bits per heavy atom. The van der Waals surface area contributed by atoms with Gasteiger partial charge in [0.2, 0.25) is 0 Å². The molecule has 1 aliphatic carbocycles. The Balaban J connectivity index is 1.45. The van der Waals surface area contributed by atoms with Crippen molar-refractivity contribution in [1.29, 1.82) is 0 Å². The monoisotopic (exact) mass is 354 g/mol. The molecule has 4 rings (SSSR count). The van der Waals surface area contributed by atoms with Crippen LogP contribution in [0.4, 0.5) is 0 Å². The lowest BCUT2D eigenvalue weighted by Crippen LogP contribution is -2.58. The van der Waals surface area contributed by atoms with Crippen molar-refractivity contribution >= 4 is 11.5 Å². The maximum absolute atomic E-state index is 13.0. The number of quaternary nitrogens is 1. The average Bonchev–Trinajstić information content (AvgIpc) is 2.85. The summed E-state index contributed by atoms with van der Waals surface area (Å²) < 4.78 is 7.30. The summed E-state index contributed by atoms with van der Waals surface area (Å²) in [5.74, 6) is -0.0745. The number of piperidine rings is 1. The van der Waals surface area contributed by atoms with Crippen LogP contribution < -0.4 is 0 Å². The van der Waals surface area contributed by atoms with E-state index in [1.54, 1.807) is 0 Å². The van der Waals surface area contributed by atoms with Gasteiger partial charge in [0.05, 0.1) is 31.6 Å². The first-order valence-corrected chi connectivity index (χ1v) is 10.4. The Kier molecular flexibility index (Phi) is 4.92. The average molecular weight is 355 g/mol. The summed E-state index contributed by atoms with van der Waals surface area (Å²) in [4.78, 5) is 13.0. The van der Waals surface area contributed by atoms with E-state index in [-0.39, 0.29) is 18.0 Å². The number of ether oxygens (including phenoxy) is 1. The van der Waals surface area contributed by atoms with Gasteiger partial charge in [0.15, 0.2) is 0 Å². The van der Waals surface area contributed by atoms with Crippen molar-refractivity contribution in [3.8, 4) is 0 Å². The normalized spacial score (nSPS) is 36.5. The van der Waals surface area contributed by atoms with Crippen LogP contribution in [0.2, 0.25) is 0 Å². The van der Waals surface area contributed by atoms with Crippen molar-refractivity contribution in [3.63, 3.8) is 0 Å². The highest BCUT2D eigenvalue weighted by atomic mass is 16.5. The summed E-state index contributed by atoms with van der Waals surface area (Å²) in [6, 6.07) is 11.7. The van der Waals surface area contributed by atoms with Crippen LogP contribution in [0.3, 0.4) is 0 Å². The van der Waals surface area contributed by atoms with E-state index in [0.29, 0.717) is 12.1 Å². The molecule has 3 heteroatoms. The largest absolute Gasteiger partial charge is 0.461 e. The molecule has 140 valence electrons.